The van der Waals surface area contributed by atoms with E-state index in [2.05, 4.69) is 59.4 Å². The van der Waals surface area contributed by atoms with Crippen LogP contribution in [0.3, 0.4) is 0 Å². The van der Waals surface area contributed by atoms with Crippen molar-refractivity contribution < 1.29 is 0 Å². The first kappa shape index (κ1) is 15.0. The second-order valence-electron chi connectivity index (χ2n) is 5.59. The lowest BCUT2D eigenvalue weighted by Crippen LogP contribution is -2.09. The largest absolute Gasteiger partial charge is 0.369 e. The van der Waals surface area contributed by atoms with Crippen molar-refractivity contribution >= 4 is 39.5 Å². The van der Waals surface area contributed by atoms with Crippen molar-refractivity contribution in [1.29, 1.82) is 0 Å². The van der Waals surface area contributed by atoms with Gasteiger partial charge in [0.1, 0.15) is 0 Å². The van der Waals surface area contributed by atoms with Crippen molar-refractivity contribution in [2.75, 3.05) is 18.0 Å². The zero-order chi connectivity index (χ0) is 16.5. The van der Waals surface area contributed by atoms with E-state index in [0.29, 0.717) is 5.95 Å². The molecule has 3 aromatic rings. The van der Waals surface area contributed by atoms with Gasteiger partial charge in [0.2, 0.25) is 5.95 Å². The van der Waals surface area contributed by atoms with E-state index in [0.717, 1.165) is 34.1 Å². The van der Waals surface area contributed by atoms with Gasteiger partial charge in [-0.15, -0.1) is 0 Å². The van der Waals surface area contributed by atoms with E-state index in [9.17, 15) is 0 Å². The minimum Gasteiger partial charge on any atom is -0.369 e. The molecular weight excluding hydrogens is 316 g/mol. The van der Waals surface area contributed by atoms with Crippen molar-refractivity contribution in [3.05, 3.63) is 65.7 Å². The van der Waals surface area contributed by atoms with Gasteiger partial charge in [-0.3, -0.25) is 9.56 Å². The minimum atomic E-state index is 0.497. The number of nitrogens with zero attached hydrogens (tertiary/aromatic N) is 3. The van der Waals surface area contributed by atoms with Gasteiger partial charge in [0.05, 0.1) is 17.6 Å². The van der Waals surface area contributed by atoms with Crippen LogP contribution in [-0.4, -0.2) is 27.0 Å². The number of anilines is 1. The number of rotatable bonds is 2. The number of nitrogens with two attached hydrogens (primary N) is 1. The summed E-state index contributed by atoms with van der Waals surface area (Å²) in [5.41, 5.74) is 11.6. The number of aromatic nitrogens is 2. The number of imidazole rings is 1. The molecule has 4 nitrogen and oxygen atoms in total. The van der Waals surface area contributed by atoms with Crippen molar-refractivity contribution in [2.45, 2.75) is 6.92 Å². The number of fused-ring (bicyclic) bond motifs is 1. The molecule has 0 spiro atoms. The van der Waals surface area contributed by atoms with Crippen LogP contribution in [0.4, 0.5) is 5.95 Å². The number of hydrogen-bond donors (Lipinski definition) is 1. The zero-order valence-electron chi connectivity index (χ0n) is 13.4. The van der Waals surface area contributed by atoms with Gasteiger partial charge >= 0.3 is 0 Å². The minimum absolute atomic E-state index is 0.497. The first-order valence-corrected chi connectivity index (χ1v) is 8.94. The highest BCUT2D eigenvalue weighted by molar-refractivity contribution is 8.14. The molecule has 0 bridgehead atoms. The quantitative estimate of drug-likeness (QED) is 0.770. The van der Waals surface area contributed by atoms with Crippen molar-refractivity contribution in [3.8, 4) is 0 Å². The molecule has 0 unspecified atom stereocenters. The Morgan fingerprint density at radius 1 is 1.17 bits per heavy atom. The molecule has 0 saturated heterocycles. The van der Waals surface area contributed by atoms with Crippen molar-refractivity contribution in [2.24, 2.45) is 4.99 Å². The Morgan fingerprint density at radius 2 is 2.00 bits per heavy atom. The van der Waals surface area contributed by atoms with Gasteiger partial charge in [-0.05, 0) is 35.8 Å². The fourth-order valence-corrected chi connectivity index (χ4v) is 3.91. The molecule has 24 heavy (non-hydrogen) atoms. The summed E-state index contributed by atoms with van der Waals surface area (Å²) in [5.74, 6) is 1.50. The predicted octanol–water partition coefficient (Wildman–Crippen LogP) is 4.02. The molecule has 0 radical (unpaired) electrons. The van der Waals surface area contributed by atoms with E-state index < -0.39 is 0 Å². The molecule has 1 aliphatic heterocycles. The summed E-state index contributed by atoms with van der Waals surface area (Å²) in [6, 6.07) is 16.7. The number of hydrogen-bond acceptors (Lipinski definition) is 4. The fraction of sp³-hybridized carbons (Fsp3) is 0.158. The number of allylic oxidation sites excluding steroid dienone is 1. The molecule has 0 amide bonds. The van der Waals surface area contributed by atoms with Crippen LogP contribution >= 0.6 is 11.8 Å². The Labute approximate surface area is 145 Å². The van der Waals surface area contributed by atoms with Crippen LogP contribution in [0.5, 0.6) is 0 Å². The van der Waals surface area contributed by atoms with Crippen LogP contribution in [0, 0.1) is 0 Å². The topological polar surface area (TPSA) is 56.2 Å². The van der Waals surface area contributed by atoms with Gasteiger partial charge in [-0.1, -0.05) is 54.2 Å². The lowest BCUT2D eigenvalue weighted by atomic mass is 9.97. The Hall–Kier alpha value is -2.53. The van der Waals surface area contributed by atoms with Gasteiger partial charge in [0, 0.05) is 5.75 Å². The average Bonchev–Trinajstić information content (AvgIpc) is 3.23. The monoisotopic (exact) mass is 334 g/mol. The normalized spacial score (nSPS) is 15.0. The highest BCUT2D eigenvalue weighted by Gasteiger charge is 2.17. The third kappa shape index (κ3) is 2.51. The summed E-state index contributed by atoms with van der Waals surface area (Å²) in [4.78, 5) is 9.03. The van der Waals surface area contributed by atoms with E-state index >= 15 is 0 Å². The lowest BCUT2D eigenvalue weighted by molar-refractivity contribution is 1.13. The number of thioether (sulfide) groups is 1. The average molecular weight is 334 g/mol. The molecule has 0 fully saturated rings. The fourth-order valence-electron chi connectivity index (χ4n) is 3.04. The highest BCUT2D eigenvalue weighted by Crippen LogP contribution is 2.29. The van der Waals surface area contributed by atoms with E-state index in [4.69, 9.17) is 5.73 Å². The smallest absolute Gasteiger partial charge is 0.207 e. The molecule has 1 aromatic heterocycles. The van der Waals surface area contributed by atoms with E-state index in [1.165, 1.54) is 11.1 Å². The van der Waals surface area contributed by atoms with E-state index in [1.54, 1.807) is 11.8 Å². The van der Waals surface area contributed by atoms with E-state index in [1.807, 2.05) is 16.7 Å². The Morgan fingerprint density at radius 3 is 2.71 bits per heavy atom. The zero-order valence-corrected chi connectivity index (χ0v) is 14.3. The summed E-state index contributed by atoms with van der Waals surface area (Å²) in [6.45, 7) is 2.90. The predicted molar refractivity (Wildman–Crippen MR) is 103 cm³/mol. The van der Waals surface area contributed by atoms with Gasteiger partial charge < -0.3 is 5.73 Å². The summed E-state index contributed by atoms with van der Waals surface area (Å²) >= 11 is 1.72. The van der Waals surface area contributed by atoms with Gasteiger partial charge in [0.15, 0.2) is 5.17 Å². The number of aliphatic imine (C=N–C) groups is 1. The standard InChI is InChI=1S/C19H18N4S/c1-2-15(13-6-4-3-5-7-13)14-8-9-16-17(12-14)23(18(20)22-16)19-21-10-11-24-19/h2-9,12H,10-11H2,1H3,(H2,20,22)/b15-2+. The maximum Gasteiger partial charge on any atom is 0.207 e. The molecule has 2 N–H and O–H groups in total. The van der Waals surface area contributed by atoms with Crippen molar-refractivity contribution in [1.82, 2.24) is 9.55 Å². The highest BCUT2D eigenvalue weighted by atomic mass is 32.2. The molecule has 1 aliphatic rings. The lowest BCUT2D eigenvalue weighted by Gasteiger charge is -2.09. The van der Waals surface area contributed by atoms with Gasteiger partial charge in [0.25, 0.3) is 0 Å². The third-order valence-corrected chi connectivity index (χ3v) is 5.08. The van der Waals surface area contributed by atoms with Crippen LogP contribution in [0.2, 0.25) is 0 Å². The molecule has 2 aromatic carbocycles. The summed E-state index contributed by atoms with van der Waals surface area (Å²) in [5, 5.41) is 0.939. The second-order valence-corrected chi connectivity index (χ2v) is 6.65. The molecule has 2 heterocycles. The molecule has 0 atom stereocenters. The second kappa shape index (κ2) is 6.17. The van der Waals surface area contributed by atoms with Crippen LogP contribution in [-0.2, 0) is 0 Å². The molecular formula is C19H18N4S. The third-order valence-electron chi connectivity index (χ3n) is 4.13. The molecule has 120 valence electrons. The molecule has 5 heteroatoms. The number of benzene rings is 2. The summed E-state index contributed by atoms with van der Waals surface area (Å²) in [7, 11) is 0. The van der Waals surface area contributed by atoms with Gasteiger partial charge in [-0.25, -0.2) is 4.98 Å². The maximum atomic E-state index is 6.15. The SMILES string of the molecule is C/C=C(\c1ccccc1)c1ccc2nc(N)n(C3=NCCS3)c2c1. The summed E-state index contributed by atoms with van der Waals surface area (Å²) in [6.07, 6.45) is 2.14. The van der Waals surface area contributed by atoms with Crippen molar-refractivity contribution in [3.63, 3.8) is 0 Å². The summed E-state index contributed by atoms with van der Waals surface area (Å²) < 4.78 is 1.97. The molecule has 0 saturated carbocycles. The van der Waals surface area contributed by atoms with Crippen LogP contribution in [0.15, 0.2) is 59.6 Å². The Kier molecular flexibility index (Phi) is 3.86. The first-order valence-electron chi connectivity index (χ1n) is 7.95. The maximum absolute atomic E-state index is 6.15. The Balaban J connectivity index is 1.87. The molecule has 4 rings (SSSR count). The van der Waals surface area contributed by atoms with Crippen LogP contribution in [0.1, 0.15) is 18.1 Å². The number of nitrogen functional groups attached to an aromatic ring is 1. The van der Waals surface area contributed by atoms with Crippen LogP contribution in [0.25, 0.3) is 16.6 Å². The first-order chi connectivity index (χ1) is 11.8. The van der Waals surface area contributed by atoms with E-state index in [-0.39, 0.29) is 0 Å². The Bertz CT molecular complexity index is 954. The van der Waals surface area contributed by atoms with Gasteiger partial charge in [-0.2, -0.15) is 0 Å². The van der Waals surface area contributed by atoms with Crippen LogP contribution < -0.4 is 5.73 Å². The molecule has 0 aliphatic carbocycles.